The lowest BCUT2D eigenvalue weighted by Crippen LogP contribution is -2.41. The van der Waals surface area contributed by atoms with Crippen LogP contribution in [0.25, 0.3) is 10.8 Å². The molecule has 8 heteroatoms. The second-order valence-electron chi connectivity index (χ2n) is 5.77. The van der Waals surface area contributed by atoms with Crippen LogP contribution in [0.3, 0.4) is 0 Å². The number of aryl methyl sites for hydroxylation is 2. The van der Waals surface area contributed by atoms with E-state index in [-0.39, 0.29) is 11.9 Å². The first-order chi connectivity index (χ1) is 11.7. The van der Waals surface area contributed by atoms with E-state index in [0.29, 0.717) is 16.5 Å². The molecular formula is C16H16N6OS. The van der Waals surface area contributed by atoms with Crippen molar-refractivity contribution in [3.63, 3.8) is 0 Å². The first kappa shape index (κ1) is 14.9. The minimum Gasteiger partial charge on any atom is -0.346 e. The molecule has 122 valence electrons. The highest BCUT2D eigenvalue weighted by molar-refractivity contribution is 7.13. The van der Waals surface area contributed by atoms with Crippen LogP contribution in [0.15, 0.2) is 30.0 Å². The Bertz CT molecular complexity index is 872. The minimum atomic E-state index is -0.154. The van der Waals surface area contributed by atoms with Crippen LogP contribution in [0.2, 0.25) is 0 Å². The second kappa shape index (κ2) is 6.12. The smallest absolute Gasteiger partial charge is 0.271 e. The van der Waals surface area contributed by atoms with Crippen molar-refractivity contribution in [3.8, 4) is 10.8 Å². The molecule has 0 aromatic carbocycles. The van der Waals surface area contributed by atoms with Crippen LogP contribution in [-0.4, -0.2) is 36.5 Å². The zero-order valence-electron chi connectivity index (χ0n) is 13.1. The van der Waals surface area contributed by atoms with Crippen LogP contribution < -0.4 is 5.32 Å². The fraction of sp³-hybridized carbons (Fsp3) is 0.312. The summed E-state index contributed by atoms with van der Waals surface area (Å²) in [5.41, 5.74) is 1.43. The van der Waals surface area contributed by atoms with Gasteiger partial charge in [0.15, 0.2) is 10.8 Å². The molecule has 24 heavy (non-hydrogen) atoms. The Morgan fingerprint density at radius 1 is 1.33 bits per heavy atom. The summed E-state index contributed by atoms with van der Waals surface area (Å²) in [6.45, 7) is 2.74. The van der Waals surface area contributed by atoms with E-state index in [2.05, 4.69) is 29.8 Å². The monoisotopic (exact) mass is 340 g/mol. The molecule has 0 saturated carbocycles. The van der Waals surface area contributed by atoms with Crippen molar-refractivity contribution in [1.29, 1.82) is 0 Å². The van der Waals surface area contributed by atoms with Crippen LogP contribution in [-0.2, 0) is 13.0 Å². The number of carbonyl (C=O) groups excluding carboxylic acids is 1. The maximum Gasteiger partial charge on any atom is 0.271 e. The Morgan fingerprint density at radius 2 is 2.17 bits per heavy atom. The molecule has 0 bridgehead atoms. The van der Waals surface area contributed by atoms with E-state index >= 15 is 0 Å². The quantitative estimate of drug-likeness (QED) is 0.786. The number of thiazole rings is 1. The summed E-state index contributed by atoms with van der Waals surface area (Å²) in [5.74, 6) is 1.48. The molecule has 0 saturated heterocycles. The number of carbonyl (C=O) groups is 1. The van der Waals surface area contributed by atoms with Gasteiger partial charge in [-0.15, -0.1) is 11.3 Å². The Hall–Kier alpha value is -2.61. The number of imidazole rings is 1. The average Bonchev–Trinajstić information content (AvgIpc) is 3.21. The number of rotatable bonds is 3. The molecule has 0 radical (unpaired) electrons. The largest absolute Gasteiger partial charge is 0.346 e. The number of fused-ring (bicyclic) bond motifs is 1. The first-order valence-corrected chi connectivity index (χ1v) is 8.63. The van der Waals surface area contributed by atoms with Crippen LogP contribution in [0.4, 0.5) is 0 Å². The maximum absolute atomic E-state index is 12.4. The summed E-state index contributed by atoms with van der Waals surface area (Å²) in [6.07, 6.45) is 7.12. The van der Waals surface area contributed by atoms with Crippen LogP contribution >= 0.6 is 11.3 Å². The summed E-state index contributed by atoms with van der Waals surface area (Å²) in [4.78, 5) is 29.6. The molecule has 1 atom stereocenters. The standard InChI is InChI=1S/C16H16N6OS/c1-10-7-22-8-11(3-4-13(22)19-10)20-15(23)12-9-24-16(21-12)14-17-5-2-6-18-14/h2,5-7,9,11H,3-4,8H2,1H3,(H,20,23). The van der Waals surface area contributed by atoms with E-state index in [9.17, 15) is 4.79 Å². The van der Waals surface area contributed by atoms with Gasteiger partial charge in [-0.25, -0.2) is 19.9 Å². The summed E-state index contributed by atoms with van der Waals surface area (Å²) >= 11 is 1.37. The van der Waals surface area contributed by atoms with Crippen molar-refractivity contribution in [3.05, 3.63) is 47.2 Å². The number of aromatic nitrogens is 5. The fourth-order valence-corrected chi connectivity index (χ4v) is 3.60. The van der Waals surface area contributed by atoms with Crippen molar-refractivity contribution in [2.75, 3.05) is 0 Å². The lowest BCUT2D eigenvalue weighted by Gasteiger charge is -2.24. The van der Waals surface area contributed by atoms with Gasteiger partial charge in [-0.3, -0.25) is 4.79 Å². The molecule has 1 aliphatic rings. The van der Waals surface area contributed by atoms with Crippen molar-refractivity contribution in [2.24, 2.45) is 0 Å². The van der Waals surface area contributed by atoms with Crippen molar-refractivity contribution >= 4 is 17.2 Å². The van der Waals surface area contributed by atoms with Gasteiger partial charge in [0.1, 0.15) is 11.5 Å². The van der Waals surface area contributed by atoms with E-state index in [4.69, 9.17) is 0 Å². The molecule has 1 unspecified atom stereocenters. The predicted molar refractivity (Wildman–Crippen MR) is 89.7 cm³/mol. The van der Waals surface area contributed by atoms with E-state index < -0.39 is 0 Å². The average molecular weight is 340 g/mol. The minimum absolute atomic E-state index is 0.0942. The zero-order valence-corrected chi connectivity index (χ0v) is 14.0. The maximum atomic E-state index is 12.4. The second-order valence-corrected chi connectivity index (χ2v) is 6.63. The van der Waals surface area contributed by atoms with Gasteiger partial charge in [-0.1, -0.05) is 0 Å². The van der Waals surface area contributed by atoms with Crippen molar-refractivity contribution < 1.29 is 4.79 Å². The number of amides is 1. The molecule has 3 aromatic heterocycles. The fourth-order valence-electron chi connectivity index (χ4n) is 2.85. The van der Waals surface area contributed by atoms with Gasteiger partial charge in [0.2, 0.25) is 0 Å². The van der Waals surface area contributed by atoms with Crippen LogP contribution in [0, 0.1) is 6.92 Å². The van der Waals surface area contributed by atoms with E-state index in [1.165, 1.54) is 11.3 Å². The van der Waals surface area contributed by atoms with Crippen LogP contribution in [0.1, 0.15) is 28.4 Å². The molecule has 4 rings (SSSR count). The van der Waals surface area contributed by atoms with Gasteiger partial charge in [0.05, 0.1) is 5.69 Å². The lowest BCUT2D eigenvalue weighted by atomic mass is 10.1. The first-order valence-electron chi connectivity index (χ1n) is 7.75. The van der Waals surface area contributed by atoms with Gasteiger partial charge >= 0.3 is 0 Å². The SMILES string of the molecule is Cc1cn2c(n1)CCC(NC(=O)c1csc(-c3ncccn3)n1)C2. The molecule has 1 aliphatic heterocycles. The van der Waals surface area contributed by atoms with Gasteiger partial charge < -0.3 is 9.88 Å². The highest BCUT2D eigenvalue weighted by atomic mass is 32.1. The number of nitrogens with zero attached hydrogens (tertiary/aromatic N) is 5. The third-order valence-corrected chi connectivity index (χ3v) is 4.78. The van der Waals surface area contributed by atoms with E-state index in [1.807, 2.05) is 13.1 Å². The highest BCUT2D eigenvalue weighted by Gasteiger charge is 2.22. The molecule has 0 aliphatic carbocycles. The van der Waals surface area contributed by atoms with Gasteiger partial charge in [0, 0.05) is 43.0 Å². The molecule has 1 amide bonds. The Labute approximate surface area is 142 Å². The molecule has 3 aromatic rings. The molecular weight excluding hydrogens is 324 g/mol. The van der Waals surface area contributed by atoms with Crippen molar-refractivity contribution in [2.45, 2.75) is 32.4 Å². The third kappa shape index (κ3) is 2.92. The van der Waals surface area contributed by atoms with E-state index in [1.54, 1.807) is 23.8 Å². The zero-order chi connectivity index (χ0) is 16.5. The molecule has 7 nitrogen and oxygen atoms in total. The highest BCUT2D eigenvalue weighted by Crippen LogP contribution is 2.20. The number of hydrogen-bond donors (Lipinski definition) is 1. The van der Waals surface area contributed by atoms with Gasteiger partial charge in [-0.05, 0) is 19.4 Å². The Balaban J connectivity index is 1.45. The van der Waals surface area contributed by atoms with Crippen LogP contribution in [0.5, 0.6) is 0 Å². The third-order valence-electron chi connectivity index (χ3n) is 3.94. The van der Waals surface area contributed by atoms with Gasteiger partial charge in [-0.2, -0.15) is 0 Å². The lowest BCUT2D eigenvalue weighted by molar-refractivity contribution is 0.0923. The van der Waals surface area contributed by atoms with Gasteiger partial charge in [0.25, 0.3) is 5.91 Å². The normalized spacial score (nSPS) is 16.6. The Kier molecular flexibility index (Phi) is 3.81. The molecule has 0 fully saturated rings. The summed E-state index contributed by atoms with van der Waals surface area (Å²) in [5, 5.41) is 5.46. The number of nitrogens with one attached hydrogen (secondary N) is 1. The molecule has 0 spiro atoms. The molecule has 4 heterocycles. The van der Waals surface area contributed by atoms with E-state index in [0.717, 1.165) is 30.9 Å². The molecule has 1 N–H and O–H groups in total. The topological polar surface area (TPSA) is 85.6 Å². The summed E-state index contributed by atoms with van der Waals surface area (Å²) < 4.78 is 2.12. The summed E-state index contributed by atoms with van der Waals surface area (Å²) in [6, 6.07) is 1.84. The van der Waals surface area contributed by atoms with Crippen molar-refractivity contribution in [1.82, 2.24) is 29.8 Å². The Morgan fingerprint density at radius 3 is 3.00 bits per heavy atom. The number of hydrogen-bond acceptors (Lipinski definition) is 6. The predicted octanol–water partition coefficient (Wildman–Crippen LogP) is 1.85. The summed E-state index contributed by atoms with van der Waals surface area (Å²) in [7, 11) is 0.